The second kappa shape index (κ2) is 10.1. The van der Waals surface area contributed by atoms with Gasteiger partial charge in [-0.05, 0) is 36.4 Å². The molecule has 156 valence electrons. The molecule has 10 heteroatoms. The third-order valence-corrected chi connectivity index (χ3v) is 5.84. The van der Waals surface area contributed by atoms with Crippen LogP contribution in [0.5, 0.6) is 11.5 Å². The number of nitrogens with zero attached hydrogens (tertiary/aromatic N) is 2. The third kappa shape index (κ3) is 5.71. The molecule has 0 aliphatic rings. The molecule has 1 amide bonds. The molecular weight excluding hydrogens is 424 g/mol. The van der Waals surface area contributed by atoms with Gasteiger partial charge in [-0.2, -0.15) is 0 Å². The molecule has 0 radical (unpaired) electrons. The van der Waals surface area contributed by atoms with Crippen LogP contribution in [0.1, 0.15) is 17.3 Å². The lowest BCUT2D eigenvalue weighted by Crippen LogP contribution is -2.05. The Bertz CT molecular complexity index is 1050. The molecule has 0 aliphatic heterocycles. The number of anilines is 3. The summed E-state index contributed by atoms with van der Waals surface area (Å²) in [5, 5.41) is 14.7. The number of nitrogens with one attached hydrogen (secondary N) is 2. The van der Waals surface area contributed by atoms with Crippen molar-refractivity contribution in [3.63, 3.8) is 0 Å². The van der Waals surface area contributed by atoms with Crippen molar-refractivity contribution in [1.82, 2.24) is 10.2 Å². The maximum atomic E-state index is 12.5. The topological polar surface area (TPSA) is 102 Å². The molecule has 8 nitrogen and oxygen atoms in total. The second-order valence-electron chi connectivity index (χ2n) is 6.04. The van der Waals surface area contributed by atoms with Gasteiger partial charge in [0.2, 0.25) is 11.0 Å². The number of carbonyl (C=O) groups is 2. The van der Waals surface area contributed by atoms with E-state index in [1.165, 1.54) is 37.1 Å². The number of hydrogen-bond donors (Lipinski definition) is 2. The van der Waals surface area contributed by atoms with E-state index in [-0.39, 0.29) is 17.4 Å². The average molecular weight is 445 g/mol. The van der Waals surface area contributed by atoms with Gasteiger partial charge in [-0.15, -0.1) is 10.2 Å². The zero-order chi connectivity index (χ0) is 21.5. The Hall–Kier alpha value is -3.11. The van der Waals surface area contributed by atoms with Crippen LogP contribution in [0.15, 0.2) is 46.8 Å². The summed E-state index contributed by atoms with van der Waals surface area (Å²) in [6.45, 7) is 1.46. The number of rotatable bonds is 9. The van der Waals surface area contributed by atoms with Gasteiger partial charge in [0.05, 0.1) is 20.0 Å². The van der Waals surface area contributed by atoms with Crippen LogP contribution in [0.25, 0.3) is 0 Å². The molecule has 1 aromatic heterocycles. The monoisotopic (exact) mass is 444 g/mol. The lowest BCUT2D eigenvalue weighted by atomic mass is 10.1. The van der Waals surface area contributed by atoms with Crippen molar-refractivity contribution in [2.75, 3.05) is 30.6 Å². The van der Waals surface area contributed by atoms with Crippen molar-refractivity contribution in [2.24, 2.45) is 0 Å². The van der Waals surface area contributed by atoms with Crippen LogP contribution >= 0.6 is 23.1 Å². The first kappa shape index (κ1) is 21.6. The van der Waals surface area contributed by atoms with Crippen LogP contribution in [0.4, 0.5) is 16.5 Å². The average Bonchev–Trinajstić information content (AvgIpc) is 3.18. The summed E-state index contributed by atoms with van der Waals surface area (Å²) >= 11 is 2.66. The van der Waals surface area contributed by atoms with Crippen molar-refractivity contribution >= 4 is 51.3 Å². The molecule has 0 unspecified atom stereocenters. The summed E-state index contributed by atoms with van der Waals surface area (Å²) in [7, 11) is 3.08. The molecular formula is C20H20N4O4S2. The lowest BCUT2D eigenvalue weighted by molar-refractivity contribution is -0.114. The maximum absolute atomic E-state index is 12.5. The Morgan fingerprint density at radius 1 is 1.03 bits per heavy atom. The number of aromatic nitrogens is 2. The Labute approximate surface area is 182 Å². The quantitative estimate of drug-likeness (QED) is 0.373. The summed E-state index contributed by atoms with van der Waals surface area (Å²) in [4.78, 5) is 23.7. The molecule has 30 heavy (non-hydrogen) atoms. The van der Waals surface area contributed by atoms with E-state index in [0.29, 0.717) is 32.2 Å². The van der Waals surface area contributed by atoms with Crippen LogP contribution in [0.3, 0.4) is 0 Å². The van der Waals surface area contributed by atoms with Crippen LogP contribution in [0.2, 0.25) is 0 Å². The van der Waals surface area contributed by atoms with Gasteiger partial charge < -0.3 is 20.1 Å². The largest absolute Gasteiger partial charge is 0.493 e. The first-order valence-electron chi connectivity index (χ1n) is 8.84. The fourth-order valence-electron chi connectivity index (χ4n) is 2.54. The summed E-state index contributed by atoms with van der Waals surface area (Å²) in [6.07, 6.45) is 0. The zero-order valence-electron chi connectivity index (χ0n) is 16.6. The van der Waals surface area contributed by atoms with Crippen molar-refractivity contribution in [3.05, 3.63) is 48.0 Å². The van der Waals surface area contributed by atoms with Gasteiger partial charge in [-0.1, -0.05) is 29.2 Å². The highest BCUT2D eigenvalue weighted by Gasteiger charge is 2.13. The number of thioether (sulfide) groups is 1. The third-order valence-electron chi connectivity index (χ3n) is 3.87. The smallest absolute Gasteiger partial charge is 0.221 e. The Kier molecular flexibility index (Phi) is 7.26. The van der Waals surface area contributed by atoms with Crippen molar-refractivity contribution in [1.29, 1.82) is 0 Å². The van der Waals surface area contributed by atoms with Gasteiger partial charge in [-0.3, -0.25) is 9.59 Å². The molecule has 0 saturated heterocycles. The Morgan fingerprint density at radius 2 is 1.80 bits per heavy atom. The number of hydrogen-bond acceptors (Lipinski definition) is 9. The molecule has 3 rings (SSSR count). The van der Waals surface area contributed by atoms with E-state index in [0.717, 1.165) is 5.69 Å². The van der Waals surface area contributed by atoms with Gasteiger partial charge in [-0.25, -0.2) is 0 Å². The predicted molar refractivity (Wildman–Crippen MR) is 119 cm³/mol. The van der Waals surface area contributed by atoms with Crippen molar-refractivity contribution < 1.29 is 19.1 Å². The number of carbonyl (C=O) groups excluding carboxylic acids is 2. The van der Waals surface area contributed by atoms with E-state index in [1.54, 1.807) is 37.4 Å². The van der Waals surface area contributed by atoms with Gasteiger partial charge in [0.15, 0.2) is 21.6 Å². The number of Topliss-reactive ketones (excluding diaryl/α,β-unsaturated/α-hetero) is 1. The fraction of sp³-hybridized carbons (Fsp3) is 0.200. The van der Waals surface area contributed by atoms with Crippen molar-refractivity contribution in [3.8, 4) is 11.5 Å². The Morgan fingerprint density at radius 3 is 2.53 bits per heavy atom. The number of methoxy groups -OCH3 is 2. The number of ether oxygens (including phenoxy) is 2. The second-order valence-corrected chi connectivity index (χ2v) is 8.24. The van der Waals surface area contributed by atoms with E-state index in [1.807, 2.05) is 12.1 Å². The van der Waals surface area contributed by atoms with Gasteiger partial charge >= 0.3 is 0 Å². The van der Waals surface area contributed by atoms with Crippen LogP contribution in [-0.4, -0.2) is 41.9 Å². The summed E-state index contributed by atoms with van der Waals surface area (Å²) in [5.74, 6) is 1.12. The number of ketones is 1. The predicted octanol–water partition coefficient (Wildman–Crippen LogP) is 4.23. The van der Waals surface area contributed by atoms with Crippen LogP contribution in [0, 0.1) is 0 Å². The molecule has 0 atom stereocenters. The molecule has 0 bridgehead atoms. The minimum atomic E-state index is -0.138. The van der Waals surface area contributed by atoms with Crippen LogP contribution in [-0.2, 0) is 4.79 Å². The van der Waals surface area contributed by atoms with Gasteiger partial charge in [0, 0.05) is 23.9 Å². The standard InChI is InChI=1S/C20H20N4O4S2/c1-12(25)21-14-5-4-6-15(10-14)22-19-23-24-20(30-19)29-11-16(26)13-7-8-17(27-2)18(9-13)28-3/h4-10H,11H2,1-3H3,(H,21,25)(H,22,23). The molecule has 0 saturated carbocycles. The molecule has 2 N–H and O–H groups in total. The molecule has 1 heterocycles. The van der Waals surface area contributed by atoms with E-state index >= 15 is 0 Å². The summed E-state index contributed by atoms with van der Waals surface area (Å²) in [6, 6.07) is 12.4. The minimum Gasteiger partial charge on any atom is -0.493 e. The van der Waals surface area contributed by atoms with E-state index < -0.39 is 0 Å². The van der Waals surface area contributed by atoms with Gasteiger partial charge in [0.25, 0.3) is 0 Å². The maximum Gasteiger partial charge on any atom is 0.221 e. The molecule has 2 aromatic carbocycles. The zero-order valence-corrected chi connectivity index (χ0v) is 18.2. The Balaban J connectivity index is 1.59. The highest BCUT2D eigenvalue weighted by atomic mass is 32.2. The number of amides is 1. The summed E-state index contributed by atoms with van der Waals surface area (Å²) in [5.41, 5.74) is 2.00. The minimum absolute atomic E-state index is 0.0475. The van der Waals surface area contributed by atoms with Crippen LogP contribution < -0.4 is 20.1 Å². The van der Waals surface area contributed by atoms with E-state index in [2.05, 4.69) is 20.8 Å². The van der Waals surface area contributed by atoms with Gasteiger partial charge in [0.1, 0.15) is 0 Å². The normalized spacial score (nSPS) is 10.4. The molecule has 0 aliphatic carbocycles. The first-order chi connectivity index (χ1) is 14.5. The fourth-order valence-corrected chi connectivity index (χ4v) is 4.21. The number of benzene rings is 2. The molecule has 0 fully saturated rings. The van der Waals surface area contributed by atoms with E-state index in [4.69, 9.17) is 9.47 Å². The van der Waals surface area contributed by atoms with E-state index in [9.17, 15) is 9.59 Å². The highest BCUT2D eigenvalue weighted by Crippen LogP contribution is 2.31. The van der Waals surface area contributed by atoms with Crippen molar-refractivity contribution in [2.45, 2.75) is 11.3 Å². The summed E-state index contributed by atoms with van der Waals surface area (Å²) < 4.78 is 11.1. The SMILES string of the molecule is COc1ccc(C(=O)CSc2nnc(Nc3cccc(NC(C)=O)c3)s2)cc1OC. The molecule has 0 spiro atoms. The highest BCUT2D eigenvalue weighted by molar-refractivity contribution is 8.01. The molecule has 3 aromatic rings. The lowest BCUT2D eigenvalue weighted by Gasteiger charge is -2.08. The first-order valence-corrected chi connectivity index (χ1v) is 10.6.